The highest BCUT2D eigenvalue weighted by molar-refractivity contribution is 5.91. The van der Waals surface area contributed by atoms with Gasteiger partial charge in [0.05, 0.1) is 17.3 Å². The van der Waals surface area contributed by atoms with Gasteiger partial charge >= 0.3 is 0 Å². The highest BCUT2D eigenvalue weighted by Crippen LogP contribution is 2.23. The summed E-state index contributed by atoms with van der Waals surface area (Å²) in [6, 6.07) is 7.88. The number of amides is 1. The Balaban J connectivity index is 2.48. The van der Waals surface area contributed by atoms with Gasteiger partial charge < -0.3 is 5.32 Å². The maximum absolute atomic E-state index is 13.0. The van der Waals surface area contributed by atoms with Crippen LogP contribution in [-0.2, 0) is 4.79 Å². The average Bonchev–Trinajstić information content (AvgIpc) is 2.29. The van der Waals surface area contributed by atoms with Gasteiger partial charge in [0.15, 0.2) is 0 Å². The molecule has 0 saturated heterocycles. The van der Waals surface area contributed by atoms with E-state index in [0.717, 1.165) is 0 Å². The molecule has 4 heteroatoms. The van der Waals surface area contributed by atoms with E-state index in [1.54, 1.807) is 12.1 Å². The number of nitrogens with zero attached hydrogens (tertiary/aromatic N) is 1. The Labute approximate surface area is 92.2 Å². The smallest absolute Gasteiger partial charge is 0.224 e. The van der Waals surface area contributed by atoms with Crippen molar-refractivity contribution in [3.05, 3.63) is 41.2 Å². The summed E-state index contributed by atoms with van der Waals surface area (Å²) in [5.74, 6) is -0.527. The minimum atomic E-state index is -0.387. The lowest BCUT2D eigenvalue weighted by atomic mass is 9.99. The van der Waals surface area contributed by atoms with Crippen LogP contribution in [0.15, 0.2) is 29.8 Å². The van der Waals surface area contributed by atoms with Gasteiger partial charge in [-0.15, -0.1) is 0 Å². The molecular formula is C12H9FN2O. The predicted octanol–water partition coefficient (Wildman–Crippen LogP) is 1.97. The van der Waals surface area contributed by atoms with E-state index in [0.29, 0.717) is 29.7 Å². The number of nitriles is 1. The van der Waals surface area contributed by atoms with Crippen molar-refractivity contribution in [2.24, 2.45) is 0 Å². The fraction of sp³-hybridized carbons (Fsp3) is 0.167. The van der Waals surface area contributed by atoms with Crippen LogP contribution in [0.5, 0.6) is 0 Å². The van der Waals surface area contributed by atoms with E-state index in [1.807, 2.05) is 6.07 Å². The number of allylic oxidation sites excluding steroid dienone is 1. The molecule has 0 radical (unpaired) electrons. The number of benzene rings is 1. The molecule has 1 heterocycles. The van der Waals surface area contributed by atoms with Crippen LogP contribution in [0.1, 0.15) is 18.4 Å². The Morgan fingerprint density at radius 3 is 2.88 bits per heavy atom. The Hall–Kier alpha value is -2.15. The molecule has 2 rings (SSSR count). The first kappa shape index (κ1) is 10.4. The summed E-state index contributed by atoms with van der Waals surface area (Å²) in [4.78, 5) is 11.2. The van der Waals surface area contributed by atoms with Gasteiger partial charge in [0.2, 0.25) is 5.91 Å². The number of rotatable bonds is 1. The molecule has 0 spiro atoms. The molecule has 1 aliphatic heterocycles. The van der Waals surface area contributed by atoms with Crippen LogP contribution in [0.3, 0.4) is 0 Å². The van der Waals surface area contributed by atoms with Gasteiger partial charge in [0.1, 0.15) is 5.82 Å². The Morgan fingerprint density at radius 1 is 1.38 bits per heavy atom. The zero-order valence-electron chi connectivity index (χ0n) is 8.46. The number of carbonyl (C=O) groups is 1. The van der Waals surface area contributed by atoms with Crippen LogP contribution in [0.2, 0.25) is 0 Å². The van der Waals surface area contributed by atoms with E-state index in [2.05, 4.69) is 5.32 Å². The molecule has 0 atom stereocenters. The molecule has 1 aromatic carbocycles. The summed E-state index contributed by atoms with van der Waals surface area (Å²) in [5.41, 5.74) is 1.45. The van der Waals surface area contributed by atoms with Crippen molar-refractivity contribution in [2.75, 3.05) is 0 Å². The highest BCUT2D eigenvalue weighted by Gasteiger charge is 2.19. The molecule has 0 aliphatic carbocycles. The van der Waals surface area contributed by atoms with E-state index in [-0.39, 0.29) is 11.7 Å². The number of carbonyl (C=O) groups excluding carboxylic acids is 1. The number of nitrogens with one attached hydrogen (secondary N) is 1. The van der Waals surface area contributed by atoms with Gasteiger partial charge in [-0.3, -0.25) is 4.79 Å². The monoisotopic (exact) mass is 216 g/mol. The van der Waals surface area contributed by atoms with Gasteiger partial charge in [-0.25, -0.2) is 4.39 Å². The fourth-order valence-corrected chi connectivity index (χ4v) is 1.64. The third-order valence-corrected chi connectivity index (χ3v) is 2.42. The van der Waals surface area contributed by atoms with Crippen LogP contribution in [-0.4, -0.2) is 5.91 Å². The Morgan fingerprint density at radius 2 is 2.19 bits per heavy atom. The lowest BCUT2D eigenvalue weighted by Gasteiger charge is -2.17. The summed E-state index contributed by atoms with van der Waals surface area (Å²) in [5, 5.41) is 11.5. The van der Waals surface area contributed by atoms with Gasteiger partial charge in [-0.05, 0) is 18.6 Å². The van der Waals surface area contributed by atoms with Gasteiger partial charge in [0, 0.05) is 12.0 Å². The zero-order chi connectivity index (χ0) is 11.5. The van der Waals surface area contributed by atoms with E-state index >= 15 is 0 Å². The summed E-state index contributed by atoms with van der Waals surface area (Å²) < 4.78 is 13.0. The molecule has 80 valence electrons. The van der Waals surface area contributed by atoms with Crippen LogP contribution in [0, 0.1) is 17.1 Å². The molecule has 0 saturated carbocycles. The number of hydrogen-bond acceptors (Lipinski definition) is 2. The summed E-state index contributed by atoms with van der Waals surface area (Å²) in [7, 11) is 0. The minimum Gasteiger partial charge on any atom is -0.325 e. The Bertz CT molecular complexity index is 514. The molecule has 0 bridgehead atoms. The van der Waals surface area contributed by atoms with Gasteiger partial charge in [-0.1, -0.05) is 12.1 Å². The highest BCUT2D eigenvalue weighted by atomic mass is 19.1. The van der Waals surface area contributed by atoms with Crippen molar-refractivity contribution >= 4 is 11.6 Å². The van der Waals surface area contributed by atoms with Crippen LogP contribution >= 0.6 is 0 Å². The lowest BCUT2D eigenvalue weighted by Crippen LogP contribution is -2.26. The maximum atomic E-state index is 13.0. The molecule has 3 nitrogen and oxygen atoms in total. The normalized spacial score (nSPS) is 15.6. The zero-order valence-corrected chi connectivity index (χ0v) is 8.46. The number of halogens is 1. The Kier molecular flexibility index (Phi) is 2.69. The second kappa shape index (κ2) is 4.15. The fourth-order valence-electron chi connectivity index (χ4n) is 1.64. The molecule has 1 N–H and O–H groups in total. The largest absolute Gasteiger partial charge is 0.325 e. The first-order valence-electron chi connectivity index (χ1n) is 4.90. The van der Waals surface area contributed by atoms with Crippen LogP contribution in [0.25, 0.3) is 5.70 Å². The average molecular weight is 216 g/mol. The molecule has 1 aromatic rings. The molecule has 1 amide bonds. The van der Waals surface area contributed by atoms with Crippen LogP contribution in [0.4, 0.5) is 4.39 Å². The third kappa shape index (κ3) is 1.94. The summed E-state index contributed by atoms with van der Waals surface area (Å²) in [6.45, 7) is 0. The van der Waals surface area contributed by atoms with E-state index in [1.165, 1.54) is 12.1 Å². The third-order valence-electron chi connectivity index (χ3n) is 2.42. The molecule has 1 aliphatic rings. The van der Waals surface area contributed by atoms with Crippen molar-refractivity contribution < 1.29 is 9.18 Å². The van der Waals surface area contributed by atoms with Crippen LogP contribution < -0.4 is 5.32 Å². The van der Waals surface area contributed by atoms with Crippen molar-refractivity contribution in [1.29, 1.82) is 5.26 Å². The van der Waals surface area contributed by atoms with E-state index in [9.17, 15) is 9.18 Å². The first-order valence-corrected chi connectivity index (χ1v) is 4.90. The van der Waals surface area contributed by atoms with Crippen molar-refractivity contribution in [1.82, 2.24) is 5.32 Å². The molecule has 0 fully saturated rings. The van der Waals surface area contributed by atoms with Gasteiger partial charge in [-0.2, -0.15) is 5.26 Å². The van der Waals surface area contributed by atoms with Crippen molar-refractivity contribution in [2.45, 2.75) is 12.8 Å². The topological polar surface area (TPSA) is 52.9 Å². The molecule has 0 unspecified atom stereocenters. The van der Waals surface area contributed by atoms with Crippen molar-refractivity contribution in [3.63, 3.8) is 0 Å². The quantitative estimate of drug-likeness (QED) is 0.780. The predicted molar refractivity (Wildman–Crippen MR) is 56.3 cm³/mol. The summed E-state index contributed by atoms with van der Waals surface area (Å²) in [6.07, 6.45) is 0.718. The summed E-state index contributed by atoms with van der Waals surface area (Å²) >= 11 is 0. The maximum Gasteiger partial charge on any atom is 0.224 e. The molecule has 16 heavy (non-hydrogen) atoms. The molecule has 0 aromatic heterocycles. The number of hydrogen-bond donors (Lipinski definition) is 1. The second-order valence-electron chi connectivity index (χ2n) is 3.52. The first-order chi connectivity index (χ1) is 7.70. The van der Waals surface area contributed by atoms with E-state index in [4.69, 9.17) is 5.26 Å². The molecular weight excluding hydrogens is 207 g/mol. The second-order valence-corrected chi connectivity index (χ2v) is 3.52. The van der Waals surface area contributed by atoms with Crippen molar-refractivity contribution in [3.8, 4) is 6.07 Å². The van der Waals surface area contributed by atoms with Gasteiger partial charge in [0.25, 0.3) is 0 Å². The standard InChI is InChI=1S/C12H9FN2O/c13-10-3-1-2-8(6-10)12-9(7-14)4-5-11(16)15-12/h1-3,6H,4-5H2,(H,15,16). The van der Waals surface area contributed by atoms with E-state index < -0.39 is 0 Å². The minimum absolute atomic E-state index is 0.140. The lowest BCUT2D eigenvalue weighted by molar-refractivity contribution is -0.120. The SMILES string of the molecule is N#CC1=C(c2cccc(F)c2)NC(=O)CC1.